The van der Waals surface area contributed by atoms with Crippen molar-refractivity contribution in [1.82, 2.24) is 19.9 Å². The van der Waals surface area contributed by atoms with Crippen LogP contribution in [0.15, 0.2) is 49.1 Å². The Morgan fingerprint density at radius 1 is 0.941 bits per heavy atom. The summed E-state index contributed by atoms with van der Waals surface area (Å²) >= 11 is 0. The van der Waals surface area contributed by atoms with Crippen molar-refractivity contribution in [3.05, 3.63) is 60.4 Å². The summed E-state index contributed by atoms with van der Waals surface area (Å²) in [6, 6.07) is 6.69. The number of aliphatic hydroxyl groups excluding tert-OH is 1. The summed E-state index contributed by atoms with van der Waals surface area (Å²) in [6.07, 6.45) is 5.60. The van der Waals surface area contributed by atoms with E-state index in [1.807, 2.05) is 4.90 Å². The first kappa shape index (κ1) is 22.0. The van der Waals surface area contributed by atoms with E-state index in [4.69, 9.17) is 0 Å². The van der Waals surface area contributed by atoms with Crippen LogP contribution >= 0.6 is 0 Å². The minimum Gasteiger partial charge on any atom is -0.389 e. The average Bonchev–Trinajstić information content (AvgIpc) is 2.83. The van der Waals surface area contributed by atoms with E-state index in [0.717, 1.165) is 11.6 Å². The van der Waals surface area contributed by atoms with Crippen molar-refractivity contribution in [3.63, 3.8) is 0 Å². The molecule has 2 saturated heterocycles. The van der Waals surface area contributed by atoms with Gasteiger partial charge in [0, 0.05) is 45.0 Å². The maximum atomic E-state index is 13.2. The first-order chi connectivity index (χ1) is 16.5. The van der Waals surface area contributed by atoms with Gasteiger partial charge in [0.2, 0.25) is 5.95 Å². The normalized spacial score (nSPS) is 18.6. The van der Waals surface area contributed by atoms with Gasteiger partial charge in [-0.2, -0.15) is 0 Å². The van der Waals surface area contributed by atoms with Crippen molar-refractivity contribution in [2.24, 2.45) is 0 Å². The zero-order chi connectivity index (χ0) is 23.7. The molecule has 0 spiro atoms. The predicted molar refractivity (Wildman–Crippen MR) is 126 cm³/mol. The number of halogens is 1. The molecular weight excluding hydrogens is 439 g/mol. The molecule has 34 heavy (non-hydrogen) atoms. The van der Waals surface area contributed by atoms with Gasteiger partial charge in [0.1, 0.15) is 17.5 Å². The number of hydrogen-bond acceptors (Lipinski definition) is 9. The molecule has 176 valence electrons. The molecule has 2 fully saturated rings. The number of carbonyl (C=O) groups is 1. The summed E-state index contributed by atoms with van der Waals surface area (Å²) in [5.74, 6) is 1.42. The van der Waals surface area contributed by atoms with Crippen LogP contribution < -0.4 is 20.0 Å². The largest absolute Gasteiger partial charge is 0.389 e. The topological polar surface area (TPSA) is 111 Å². The maximum Gasteiger partial charge on any atom is 0.257 e. The lowest BCUT2D eigenvalue weighted by Crippen LogP contribution is -2.53. The third kappa shape index (κ3) is 4.60. The predicted octanol–water partition coefficient (Wildman–Crippen LogP) is 1.55. The van der Waals surface area contributed by atoms with Gasteiger partial charge in [-0.05, 0) is 31.2 Å². The van der Waals surface area contributed by atoms with Gasteiger partial charge in [-0.1, -0.05) is 0 Å². The highest BCUT2D eigenvalue weighted by molar-refractivity contribution is 6.04. The molecule has 11 heteroatoms. The van der Waals surface area contributed by atoms with Crippen LogP contribution in [0.1, 0.15) is 17.3 Å². The van der Waals surface area contributed by atoms with Crippen molar-refractivity contribution in [1.29, 1.82) is 0 Å². The van der Waals surface area contributed by atoms with Crippen LogP contribution in [0.3, 0.4) is 0 Å². The number of aliphatic hydroxyl groups is 1. The van der Waals surface area contributed by atoms with Crippen LogP contribution in [-0.2, 0) is 0 Å². The Kier molecular flexibility index (Phi) is 5.93. The zero-order valence-corrected chi connectivity index (χ0v) is 18.7. The van der Waals surface area contributed by atoms with Gasteiger partial charge in [0.15, 0.2) is 0 Å². The number of pyridine rings is 2. The van der Waals surface area contributed by atoms with Gasteiger partial charge >= 0.3 is 0 Å². The first-order valence-electron chi connectivity index (χ1n) is 11.1. The first-order valence-corrected chi connectivity index (χ1v) is 11.1. The Bertz CT molecular complexity index is 1140. The van der Waals surface area contributed by atoms with Crippen molar-refractivity contribution in [2.75, 3.05) is 52.7 Å². The third-order valence-corrected chi connectivity index (χ3v) is 6.01. The Morgan fingerprint density at radius 2 is 1.65 bits per heavy atom. The number of amides is 1. The van der Waals surface area contributed by atoms with E-state index in [9.17, 15) is 14.3 Å². The number of nitrogens with zero attached hydrogens (tertiary/aromatic N) is 7. The lowest BCUT2D eigenvalue weighted by Gasteiger charge is -2.40. The van der Waals surface area contributed by atoms with E-state index >= 15 is 0 Å². The molecule has 0 saturated carbocycles. The monoisotopic (exact) mass is 464 g/mol. The van der Waals surface area contributed by atoms with Gasteiger partial charge in [-0.3, -0.25) is 4.79 Å². The number of anilines is 4. The number of aromatic nitrogens is 4. The minimum atomic E-state index is -0.350. The summed E-state index contributed by atoms with van der Waals surface area (Å²) in [7, 11) is 0. The lowest BCUT2D eigenvalue weighted by atomic mass is 10.1. The molecule has 3 aromatic heterocycles. The van der Waals surface area contributed by atoms with Crippen LogP contribution in [-0.4, -0.2) is 75.8 Å². The van der Waals surface area contributed by atoms with E-state index in [1.54, 1.807) is 30.6 Å². The smallest absolute Gasteiger partial charge is 0.257 e. The molecule has 5 heterocycles. The molecule has 0 unspecified atom stereocenters. The maximum absolute atomic E-state index is 13.2. The van der Waals surface area contributed by atoms with Crippen LogP contribution in [0.25, 0.3) is 0 Å². The second kappa shape index (κ2) is 9.18. The van der Waals surface area contributed by atoms with Gasteiger partial charge in [-0.25, -0.2) is 24.3 Å². The molecule has 10 nitrogen and oxygen atoms in total. The molecule has 1 amide bonds. The van der Waals surface area contributed by atoms with Gasteiger partial charge in [-0.15, -0.1) is 0 Å². The Labute approximate surface area is 196 Å². The number of β-amino-alcohol motifs (C(OH)–C–C–N with tert-alkyl or cyclic N) is 1. The third-order valence-electron chi connectivity index (χ3n) is 6.01. The molecular formula is C23H25FN8O2. The van der Waals surface area contributed by atoms with Gasteiger partial charge < -0.3 is 25.1 Å². The fraction of sp³-hybridized carbons (Fsp3) is 0.348. The fourth-order valence-corrected chi connectivity index (χ4v) is 4.11. The quantitative estimate of drug-likeness (QED) is 0.581. The highest BCUT2D eigenvalue weighted by atomic mass is 19.1. The van der Waals surface area contributed by atoms with Crippen molar-refractivity contribution >= 4 is 29.2 Å². The Morgan fingerprint density at radius 3 is 2.26 bits per heavy atom. The number of nitrogens with one attached hydrogen (secondary N) is 1. The van der Waals surface area contributed by atoms with Crippen LogP contribution in [0.5, 0.6) is 0 Å². The van der Waals surface area contributed by atoms with E-state index in [0.29, 0.717) is 49.9 Å². The van der Waals surface area contributed by atoms with E-state index in [2.05, 4.69) is 42.0 Å². The molecule has 2 N–H and O–H groups in total. The molecule has 3 aromatic rings. The molecule has 2 aliphatic rings. The lowest BCUT2D eigenvalue weighted by molar-refractivity contribution is 0.102. The molecule has 0 aromatic carbocycles. The summed E-state index contributed by atoms with van der Waals surface area (Å²) in [5, 5.41) is 12.2. The highest BCUT2D eigenvalue weighted by Crippen LogP contribution is 2.22. The second-order valence-corrected chi connectivity index (χ2v) is 8.51. The highest BCUT2D eigenvalue weighted by Gasteiger charge is 2.27. The Balaban J connectivity index is 1.17. The minimum absolute atomic E-state index is 0.123. The standard InChI is InChI=1S/C23H25FN8O2/c1-15-12-30(20-5-3-17(24)9-26-20)6-7-32(15)23-27-10-18(11-28-23)29-22(34)16-2-4-21(25-8-16)31-13-19(33)14-31/h2-5,8-11,15,19,33H,6-7,12-14H2,1H3,(H,29,34)/t15-/m1/s1. The SMILES string of the molecule is C[C@@H]1CN(c2ccc(F)cn2)CCN1c1ncc(NC(=O)c2ccc(N3CC(O)C3)nc2)cn1. The molecule has 2 aliphatic heterocycles. The number of hydrogen-bond donors (Lipinski definition) is 2. The van der Waals surface area contributed by atoms with Crippen molar-refractivity contribution < 1.29 is 14.3 Å². The number of piperazine rings is 1. The van der Waals surface area contributed by atoms with Crippen molar-refractivity contribution in [3.8, 4) is 0 Å². The molecule has 0 radical (unpaired) electrons. The van der Waals surface area contributed by atoms with E-state index in [-0.39, 0.29) is 23.9 Å². The summed E-state index contributed by atoms with van der Waals surface area (Å²) in [4.78, 5) is 36.1. The van der Waals surface area contributed by atoms with Crippen LogP contribution in [0, 0.1) is 5.82 Å². The summed E-state index contributed by atoms with van der Waals surface area (Å²) in [5.41, 5.74) is 0.915. The van der Waals surface area contributed by atoms with Crippen LogP contribution in [0.2, 0.25) is 0 Å². The summed E-state index contributed by atoms with van der Waals surface area (Å²) < 4.78 is 13.2. The van der Waals surface area contributed by atoms with E-state index < -0.39 is 0 Å². The molecule has 0 aliphatic carbocycles. The van der Waals surface area contributed by atoms with Crippen molar-refractivity contribution in [2.45, 2.75) is 19.1 Å². The molecule has 5 rings (SSSR count). The summed E-state index contributed by atoms with van der Waals surface area (Å²) in [6.45, 7) is 5.30. The average molecular weight is 465 g/mol. The second-order valence-electron chi connectivity index (χ2n) is 8.51. The van der Waals surface area contributed by atoms with E-state index in [1.165, 1.54) is 18.5 Å². The van der Waals surface area contributed by atoms with Crippen LogP contribution in [0.4, 0.5) is 27.7 Å². The Hall–Kier alpha value is -3.86. The van der Waals surface area contributed by atoms with Gasteiger partial charge in [0.05, 0.1) is 35.9 Å². The zero-order valence-electron chi connectivity index (χ0n) is 18.7. The van der Waals surface area contributed by atoms with Gasteiger partial charge in [0.25, 0.3) is 5.91 Å². The fourth-order valence-electron chi connectivity index (χ4n) is 4.11. The molecule has 1 atom stereocenters. The number of carbonyl (C=O) groups excluding carboxylic acids is 1. The number of rotatable bonds is 5. The molecule has 0 bridgehead atoms.